The number of allylic oxidation sites excluding steroid dienone is 4. The first-order valence-corrected chi connectivity index (χ1v) is 19.3. The fourth-order valence-electron chi connectivity index (χ4n) is 8.71. The molecule has 4 saturated carbocycles. The first-order valence-electron chi connectivity index (χ1n) is 18.2. The van der Waals surface area contributed by atoms with Crippen LogP contribution in [0.3, 0.4) is 0 Å². The third-order valence-electron chi connectivity index (χ3n) is 11.3. The molecule has 0 aromatic rings. The largest absolute Gasteiger partial charge is 2.00 e. The van der Waals surface area contributed by atoms with E-state index in [1.807, 2.05) is 0 Å². The van der Waals surface area contributed by atoms with E-state index >= 15 is 0 Å². The molecule has 4 aliphatic rings. The van der Waals surface area contributed by atoms with E-state index in [-0.39, 0.29) is 41.3 Å². The summed E-state index contributed by atoms with van der Waals surface area (Å²) in [6.45, 7) is 9.32. The zero-order chi connectivity index (χ0) is 28.8. The van der Waals surface area contributed by atoms with Crippen LogP contribution in [-0.4, -0.2) is 10.3 Å². The van der Waals surface area contributed by atoms with Gasteiger partial charge in [0, 0.05) is 10.3 Å². The third-order valence-corrected chi connectivity index (χ3v) is 13.5. The summed E-state index contributed by atoms with van der Waals surface area (Å²) in [5, 5.41) is 0.825. The topological polar surface area (TPSA) is 0 Å². The van der Waals surface area contributed by atoms with Crippen molar-refractivity contribution < 1.29 is 41.3 Å². The fraction of sp³-hybridized carbons (Fsp3) is 0.895. The molecule has 4 rings (SSSR count). The molecule has 0 bridgehead atoms. The Morgan fingerprint density at radius 2 is 0.674 bits per heavy atom. The monoisotopic (exact) mass is 716 g/mol. The first-order chi connectivity index (χ1) is 19.3. The predicted octanol–water partition coefficient (Wildman–Crippen LogP) is 6.73. The van der Waals surface area contributed by atoms with Gasteiger partial charge in [0.25, 0.3) is 0 Å². The Hall–Kier alpha value is 1.41. The van der Waals surface area contributed by atoms with Crippen LogP contribution in [0.2, 0.25) is 0 Å². The van der Waals surface area contributed by atoms with Gasteiger partial charge in [-0.15, -0.1) is 18.5 Å². The van der Waals surface area contributed by atoms with Crippen molar-refractivity contribution in [1.29, 1.82) is 0 Å². The summed E-state index contributed by atoms with van der Waals surface area (Å²) in [5.74, 6) is 5.28. The Bertz CT molecular complexity index is 630. The van der Waals surface area contributed by atoms with Gasteiger partial charge in [0.15, 0.2) is 0 Å². The third kappa shape index (κ3) is 14.6. The maximum atomic E-state index is 3.35. The predicted molar refractivity (Wildman–Crippen MR) is 188 cm³/mol. The Kier molecular flexibility index (Phi) is 24.5. The molecule has 256 valence electrons. The fourth-order valence-corrected chi connectivity index (χ4v) is 10.3. The van der Waals surface area contributed by atoms with E-state index in [1.54, 1.807) is 0 Å². The van der Waals surface area contributed by atoms with Gasteiger partial charge in [0.2, 0.25) is 0 Å². The van der Waals surface area contributed by atoms with Crippen LogP contribution in [0.4, 0.5) is 0 Å². The average molecular weight is 719 g/mol. The molecule has 5 heteroatoms. The molecule has 0 heterocycles. The molecule has 0 amide bonds. The second-order valence-electron chi connectivity index (χ2n) is 15.4. The van der Waals surface area contributed by atoms with Crippen molar-refractivity contribution in [3.05, 3.63) is 24.3 Å². The quantitative estimate of drug-likeness (QED) is 0.134. The van der Waals surface area contributed by atoms with Gasteiger partial charge in [-0.25, -0.2) is 0 Å². The van der Waals surface area contributed by atoms with E-state index in [0.29, 0.717) is 10.3 Å². The molecule has 2 unspecified atom stereocenters. The average Bonchev–Trinajstić information content (AvgIpc) is 2.99. The molecule has 0 saturated heterocycles. The first kappa shape index (κ1) is 44.4. The number of rotatable bonds is 10. The smallest absolute Gasteiger partial charge is 1.00 e. The van der Waals surface area contributed by atoms with Gasteiger partial charge in [-0.1, -0.05) is 129 Å². The van der Waals surface area contributed by atoms with Gasteiger partial charge in [-0.05, 0) is 99.7 Å². The maximum Gasteiger partial charge on any atom is 2.00 e. The van der Waals surface area contributed by atoms with Crippen LogP contribution in [0, 0.1) is 35.5 Å². The Morgan fingerprint density at radius 3 is 0.860 bits per heavy atom. The summed E-state index contributed by atoms with van der Waals surface area (Å²) < 4.78 is 0. The number of hydrogen-bond donors (Lipinski definition) is 0. The molecule has 0 nitrogen and oxygen atoms in total. The molecule has 0 spiro atoms. The van der Waals surface area contributed by atoms with Crippen LogP contribution < -0.4 is 24.8 Å². The summed E-state index contributed by atoms with van der Waals surface area (Å²) in [6.07, 6.45) is 42.1. The summed E-state index contributed by atoms with van der Waals surface area (Å²) in [7, 11) is 6.69. The minimum Gasteiger partial charge on any atom is -1.00 e. The van der Waals surface area contributed by atoms with Gasteiger partial charge in [-0.2, -0.15) is 0 Å². The van der Waals surface area contributed by atoms with Crippen LogP contribution in [0.5, 0.6) is 0 Å². The Morgan fingerprint density at radius 1 is 0.465 bits per heavy atom. The van der Waals surface area contributed by atoms with Crippen LogP contribution in [0.25, 0.3) is 0 Å². The minimum atomic E-state index is 0. The number of hydrogen-bond acceptors (Lipinski definition) is 0. The molecule has 0 radical (unpaired) electrons. The zero-order valence-electron chi connectivity index (χ0n) is 28.6. The Balaban J connectivity index is 0.000000767. The molecule has 0 aliphatic heterocycles. The summed E-state index contributed by atoms with van der Waals surface area (Å²) in [6, 6.07) is 0. The van der Waals surface area contributed by atoms with E-state index in [2.05, 4.69) is 70.5 Å². The molecule has 4 aliphatic carbocycles. The summed E-state index contributed by atoms with van der Waals surface area (Å²) >= 11 is 0. The second-order valence-corrected chi connectivity index (χ2v) is 17.4. The van der Waals surface area contributed by atoms with Crippen molar-refractivity contribution in [1.82, 2.24) is 0 Å². The molecular weight excluding hydrogens is 648 g/mol. The van der Waals surface area contributed by atoms with Gasteiger partial charge >= 0.3 is 16.5 Å². The van der Waals surface area contributed by atoms with Crippen LogP contribution in [0.1, 0.15) is 169 Å². The van der Waals surface area contributed by atoms with E-state index in [0.717, 1.165) is 35.5 Å². The normalized spacial score (nSPS) is 22.1. The standard InChI is InChI=1S/2C19H35P.2ClH.Ni/c2*1-16(2)10-9-15-19(20,17-11-5-3-6-12-17)18-13-7-4-8-14-18;;;/h2*9,15-18H,3-8,10-14,20H2,1-2H3;2*1H;/q;;;;+2/p-2. The molecule has 43 heavy (non-hydrogen) atoms. The van der Waals surface area contributed by atoms with Crippen molar-refractivity contribution in [2.45, 2.75) is 179 Å². The van der Waals surface area contributed by atoms with Crippen LogP contribution >= 0.6 is 18.5 Å². The molecule has 0 aromatic carbocycles. The Labute approximate surface area is 297 Å². The second kappa shape index (κ2) is 23.7. The van der Waals surface area contributed by atoms with E-state index in [9.17, 15) is 0 Å². The van der Waals surface area contributed by atoms with E-state index in [1.165, 1.54) is 141 Å². The SMILES string of the molecule is CC(C)CC=CC(P)(C1CCCCC1)C1CCCCC1.CC(C)CC=CC(P)(C1CCCCC1)C1CCCCC1.[Cl-].[Cl-].[Ni+2]. The molecule has 2 atom stereocenters. The minimum absolute atomic E-state index is 0. The molecule has 4 fully saturated rings. The molecular formula is C38H70Cl2NiP2. The van der Waals surface area contributed by atoms with Crippen molar-refractivity contribution >= 4 is 18.5 Å². The van der Waals surface area contributed by atoms with Gasteiger partial charge < -0.3 is 24.8 Å². The maximum absolute atomic E-state index is 3.35. The molecule has 0 aromatic heterocycles. The van der Waals surface area contributed by atoms with Crippen molar-refractivity contribution in [3.63, 3.8) is 0 Å². The van der Waals surface area contributed by atoms with Crippen LogP contribution in [-0.2, 0) is 16.5 Å². The zero-order valence-corrected chi connectivity index (χ0v) is 33.4. The summed E-state index contributed by atoms with van der Waals surface area (Å²) in [5.41, 5.74) is 0. The van der Waals surface area contributed by atoms with Gasteiger partial charge in [-0.3, -0.25) is 0 Å². The van der Waals surface area contributed by atoms with Gasteiger partial charge in [0.1, 0.15) is 0 Å². The van der Waals surface area contributed by atoms with Crippen molar-refractivity contribution in [2.24, 2.45) is 35.5 Å². The molecule has 0 N–H and O–H groups in total. The van der Waals surface area contributed by atoms with Gasteiger partial charge in [0.05, 0.1) is 0 Å². The van der Waals surface area contributed by atoms with E-state index in [4.69, 9.17) is 0 Å². The van der Waals surface area contributed by atoms with Crippen molar-refractivity contribution in [3.8, 4) is 0 Å². The van der Waals surface area contributed by atoms with E-state index < -0.39 is 0 Å². The number of halogens is 2. The van der Waals surface area contributed by atoms with Crippen LogP contribution in [0.15, 0.2) is 24.3 Å². The van der Waals surface area contributed by atoms with Crippen molar-refractivity contribution in [2.75, 3.05) is 0 Å². The summed E-state index contributed by atoms with van der Waals surface area (Å²) in [4.78, 5) is 0.